The molecule has 0 bridgehead atoms. The summed E-state index contributed by atoms with van der Waals surface area (Å²) >= 11 is 0. The first-order valence-electron chi connectivity index (χ1n) is 10.1. The number of benzene rings is 3. The van der Waals surface area contributed by atoms with Crippen LogP contribution in [0, 0.1) is 0 Å². The van der Waals surface area contributed by atoms with Gasteiger partial charge in [0.05, 0.1) is 0 Å². The molecule has 3 aromatic carbocycles. The second kappa shape index (κ2) is 9.09. The van der Waals surface area contributed by atoms with Crippen molar-refractivity contribution in [3.8, 4) is 5.75 Å². The molecule has 0 aromatic heterocycles. The fourth-order valence-electron chi connectivity index (χ4n) is 3.83. The van der Waals surface area contributed by atoms with Crippen LogP contribution in [0.3, 0.4) is 0 Å². The molecule has 1 atom stereocenters. The predicted molar refractivity (Wildman–Crippen MR) is 115 cm³/mol. The van der Waals surface area contributed by atoms with Crippen molar-refractivity contribution in [3.63, 3.8) is 0 Å². The number of hydrogen-bond donors (Lipinski definition) is 2. The minimum atomic E-state index is -0.467. The lowest BCUT2D eigenvalue weighted by atomic mass is 10.0. The number of hydrogen-bond acceptors (Lipinski definition) is 4. The molecule has 0 spiro atoms. The number of fused-ring (bicyclic) bond motifs is 1. The summed E-state index contributed by atoms with van der Waals surface area (Å²) in [6.45, 7) is 2.98. The van der Waals surface area contributed by atoms with Crippen LogP contribution in [0.5, 0.6) is 5.75 Å². The average molecular weight is 377 g/mol. The maximum atomic E-state index is 10.3. The van der Waals surface area contributed by atoms with Gasteiger partial charge in [0.2, 0.25) is 0 Å². The summed E-state index contributed by atoms with van der Waals surface area (Å²) in [7, 11) is 0. The molecule has 1 unspecified atom stereocenters. The molecule has 4 heteroatoms. The van der Waals surface area contributed by atoms with Gasteiger partial charge in [-0.2, -0.15) is 0 Å². The van der Waals surface area contributed by atoms with E-state index in [0.29, 0.717) is 19.2 Å². The Labute approximate surface area is 166 Å². The molecule has 1 saturated heterocycles. The van der Waals surface area contributed by atoms with Gasteiger partial charge in [0, 0.05) is 31.4 Å². The maximum absolute atomic E-state index is 10.3. The number of piperidine rings is 1. The van der Waals surface area contributed by atoms with Gasteiger partial charge in [-0.15, -0.1) is 0 Å². The average Bonchev–Trinajstić information content (AvgIpc) is 2.74. The molecule has 1 heterocycles. The van der Waals surface area contributed by atoms with Crippen LogP contribution < -0.4 is 10.1 Å². The lowest BCUT2D eigenvalue weighted by molar-refractivity contribution is 0.0605. The van der Waals surface area contributed by atoms with Crippen LogP contribution in [0.1, 0.15) is 12.8 Å². The first-order chi connectivity index (χ1) is 13.8. The zero-order valence-electron chi connectivity index (χ0n) is 16.1. The zero-order chi connectivity index (χ0) is 19.2. The summed E-state index contributed by atoms with van der Waals surface area (Å²) in [6, 6.07) is 25.2. The van der Waals surface area contributed by atoms with Crippen molar-refractivity contribution >= 4 is 16.5 Å². The van der Waals surface area contributed by atoms with Crippen LogP contribution in [-0.4, -0.2) is 48.4 Å². The van der Waals surface area contributed by atoms with E-state index in [9.17, 15) is 5.11 Å². The second-order valence-electron chi connectivity index (χ2n) is 7.56. The molecule has 0 amide bonds. The smallest absolute Gasteiger partial charge is 0.119 e. The third-order valence-corrected chi connectivity index (χ3v) is 5.36. The Hall–Kier alpha value is -2.56. The summed E-state index contributed by atoms with van der Waals surface area (Å²) in [4.78, 5) is 2.33. The number of para-hydroxylation sites is 1. The van der Waals surface area contributed by atoms with Crippen LogP contribution in [0.15, 0.2) is 72.8 Å². The third kappa shape index (κ3) is 5.03. The van der Waals surface area contributed by atoms with Gasteiger partial charge >= 0.3 is 0 Å². The fraction of sp³-hybridized carbons (Fsp3) is 0.333. The number of β-amino-alcohol motifs (C(OH)–C–C–N with tert-alkyl or cyclic N) is 1. The predicted octanol–water partition coefficient (Wildman–Crippen LogP) is 4.16. The van der Waals surface area contributed by atoms with Gasteiger partial charge in [-0.25, -0.2) is 0 Å². The number of anilines is 1. The Morgan fingerprint density at radius 3 is 2.43 bits per heavy atom. The van der Waals surface area contributed by atoms with E-state index >= 15 is 0 Å². The number of rotatable bonds is 7. The number of likely N-dealkylation sites (tertiary alicyclic amines) is 1. The van der Waals surface area contributed by atoms with E-state index in [-0.39, 0.29) is 0 Å². The third-order valence-electron chi connectivity index (χ3n) is 5.36. The summed E-state index contributed by atoms with van der Waals surface area (Å²) < 4.78 is 5.66. The Morgan fingerprint density at radius 1 is 0.929 bits per heavy atom. The maximum Gasteiger partial charge on any atom is 0.119 e. The normalized spacial score (nSPS) is 16.8. The molecule has 3 aromatic rings. The zero-order valence-corrected chi connectivity index (χ0v) is 16.1. The molecular formula is C24H28N2O2. The van der Waals surface area contributed by atoms with E-state index in [1.54, 1.807) is 0 Å². The monoisotopic (exact) mass is 376 g/mol. The van der Waals surface area contributed by atoms with Crippen molar-refractivity contribution in [1.82, 2.24) is 4.90 Å². The Morgan fingerprint density at radius 2 is 1.64 bits per heavy atom. The minimum Gasteiger partial charge on any atom is -0.491 e. The highest BCUT2D eigenvalue weighted by Crippen LogP contribution is 2.22. The summed E-state index contributed by atoms with van der Waals surface area (Å²) in [6.07, 6.45) is 1.70. The van der Waals surface area contributed by atoms with Crippen LogP contribution >= 0.6 is 0 Å². The Kier molecular flexibility index (Phi) is 6.10. The van der Waals surface area contributed by atoms with E-state index in [1.165, 1.54) is 16.5 Å². The standard InChI is InChI=1S/C24H28N2O2/c27-23(18-28-24-8-2-1-3-9-24)17-26-14-12-21(13-15-26)25-22-11-10-19-6-4-5-7-20(19)16-22/h1-11,16,21,23,25,27H,12-15,17-18H2. The van der Waals surface area contributed by atoms with Gasteiger partial charge in [0.25, 0.3) is 0 Å². The fourth-order valence-corrected chi connectivity index (χ4v) is 3.83. The SMILES string of the molecule is OC(COc1ccccc1)CN1CCC(Nc2ccc3ccccc3c2)CC1. The second-order valence-corrected chi connectivity index (χ2v) is 7.56. The molecule has 1 aliphatic rings. The Bertz CT molecular complexity index is 876. The minimum absolute atomic E-state index is 0.333. The van der Waals surface area contributed by atoms with Gasteiger partial charge in [-0.3, -0.25) is 0 Å². The molecule has 28 heavy (non-hydrogen) atoms. The lowest BCUT2D eigenvalue weighted by Gasteiger charge is -2.34. The van der Waals surface area contributed by atoms with Crippen molar-refractivity contribution in [1.29, 1.82) is 0 Å². The van der Waals surface area contributed by atoms with Gasteiger partial charge in [0.1, 0.15) is 18.5 Å². The summed E-state index contributed by atoms with van der Waals surface area (Å²) in [5.74, 6) is 0.805. The van der Waals surface area contributed by atoms with Crippen molar-refractivity contribution in [2.45, 2.75) is 25.0 Å². The number of aliphatic hydroxyl groups excluding tert-OH is 1. The van der Waals surface area contributed by atoms with Crippen LogP contribution in [0.2, 0.25) is 0 Å². The molecule has 1 fully saturated rings. The van der Waals surface area contributed by atoms with E-state index < -0.39 is 6.10 Å². The number of nitrogens with zero attached hydrogens (tertiary/aromatic N) is 1. The van der Waals surface area contributed by atoms with Crippen LogP contribution in [0.4, 0.5) is 5.69 Å². The first-order valence-corrected chi connectivity index (χ1v) is 10.1. The van der Waals surface area contributed by atoms with E-state index in [2.05, 4.69) is 52.7 Å². The Balaban J connectivity index is 1.21. The molecule has 0 radical (unpaired) electrons. The number of ether oxygens (including phenoxy) is 1. The molecule has 0 aliphatic carbocycles. The molecule has 0 saturated carbocycles. The molecule has 4 rings (SSSR count). The van der Waals surface area contributed by atoms with Crippen LogP contribution in [-0.2, 0) is 0 Å². The van der Waals surface area contributed by atoms with E-state index in [1.807, 2.05) is 30.3 Å². The summed E-state index contributed by atoms with van der Waals surface area (Å²) in [5, 5.41) is 16.5. The van der Waals surface area contributed by atoms with Gasteiger partial charge in [0.15, 0.2) is 0 Å². The lowest BCUT2D eigenvalue weighted by Crippen LogP contribution is -2.43. The van der Waals surface area contributed by atoms with Gasteiger partial charge in [-0.05, 0) is 47.9 Å². The quantitative estimate of drug-likeness (QED) is 0.650. The van der Waals surface area contributed by atoms with E-state index in [4.69, 9.17) is 4.74 Å². The van der Waals surface area contributed by atoms with Gasteiger partial charge < -0.3 is 20.1 Å². The highest BCUT2D eigenvalue weighted by atomic mass is 16.5. The number of aliphatic hydroxyl groups is 1. The molecule has 1 aliphatic heterocycles. The van der Waals surface area contributed by atoms with Crippen molar-refractivity contribution in [2.24, 2.45) is 0 Å². The van der Waals surface area contributed by atoms with Crippen LogP contribution in [0.25, 0.3) is 10.8 Å². The van der Waals surface area contributed by atoms with E-state index in [0.717, 1.165) is 31.7 Å². The van der Waals surface area contributed by atoms with Crippen molar-refractivity contribution < 1.29 is 9.84 Å². The first kappa shape index (κ1) is 18.8. The highest BCUT2D eigenvalue weighted by molar-refractivity contribution is 5.85. The highest BCUT2D eigenvalue weighted by Gasteiger charge is 2.21. The topological polar surface area (TPSA) is 44.7 Å². The summed E-state index contributed by atoms with van der Waals surface area (Å²) in [5.41, 5.74) is 1.19. The van der Waals surface area contributed by atoms with Crippen molar-refractivity contribution in [2.75, 3.05) is 31.6 Å². The molecule has 146 valence electrons. The molecule has 2 N–H and O–H groups in total. The van der Waals surface area contributed by atoms with Crippen molar-refractivity contribution in [3.05, 3.63) is 72.8 Å². The largest absolute Gasteiger partial charge is 0.491 e. The number of nitrogens with one attached hydrogen (secondary N) is 1. The molecular weight excluding hydrogens is 348 g/mol. The van der Waals surface area contributed by atoms with Gasteiger partial charge in [-0.1, -0.05) is 48.5 Å². The molecule has 4 nitrogen and oxygen atoms in total.